The Hall–Kier alpha value is -5.92. The first-order chi connectivity index (χ1) is 27.7. The molecule has 0 aliphatic heterocycles. The van der Waals surface area contributed by atoms with E-state index in [4.69, 9.17) is 33.4 Å². The number of rotatable bonds is 15. The summed E-state index contributed by atoms with van der Waals surface area (Å²) in [6.07, 6.45) is 4.56. The molecule has 0 aliphatic rings. The van der Waals surface area contributed by atoms with Crippen LogP contribution in [0.25, 0.3) is 6.08 Å². The lowest BCUT2D eigenvalue weighted by molar-refractivity contribution is 0.0686. The lowest BCUT2D eigenvalue weighted by Crippen LogP contribution is -2.13. The van der Waals surface area contributed by atoms with Crippen molar-refractivity contribution in [3.05, 3.63) is 200 Å². The van der Waals surface area contributed by atoms with Gasteiger partial charge in [-0.2, -0.15) is 0 Å². The molecule has 0 radical (unpaired) electrons. The zero-order chi connectivity index (χ0) is 41.7. The third kappa shape index (κ3) is 13.3. The number of carboxylic acid groups (broad SMARTS) is 2. The molecule has 0 amide bonds. The van der Waals surface area contributed by atoms with Crippen LogP contribution in [0.1, 0.15) is 48.5 Å². The van der Waals surface area contributed by atoms with E-state index in [1.807, 2.05) is 66.7 Å². The number of halogens is 2. The Morgan fingerprint density at radius 3 is 1.38 bits per heavy atom. The lowest BCUT2D eigenvalue weighted by Gasteiger charge is -2.10. The van der Waals surface area contributed by atoms with Gasteiger partial charge < -0.3 is 10.2 Å². The van der Waals surface area contributed by atoms with Gasteiger partial charge in [0.1, 0.15) is 4.90 Å². The van der Waals surface area contributed by atoms with Gasteiger partial charge in [-0.25, -0.2) is 26.4 Å². The van der Waals surface area contributed by atoms with Gasteiger partial charge in [0.05, 0.1) is 21.6 Å². The lowest BCUT2D eigenvalue weighted by atomic mass is 10.0. The Labute approximate surface area is 347 Å². The number of aromatic carboxylic acids is 2. The van der Waals surface area contributed by atoms with E-state index in [0.29, 0.717) is 11.4 Å². The quantitative estimate of drug-likeness (QED) is 0.0792. The first-order valence-corrected chi connectivity index (χ1v) is 21.5. The molecule has 0 atom stereocenters. The largest absolute Gasteiger partial charge is 0.478 e. The molecule has 0 spiro atoms. The standard InChI is InChI=1S/C23H21NO4S.C21H17Cl2NO4S/c25-23(26)21-12-8-19(9-13-21)6-7-20-10-14-22(15-11-20)24-29(27,28)17-16-18-4-2-1-3-5-18;22-17-9-12-19(23)20(13-17)29(27,28)24-18-10-5-15(6-11-18)2-1-14-3-7-16(8-4-14)21(25)26/h1-5,8-17,24H,6-7H2,(H,25,26);3-13,24H,1-2H2,(H,25,26). The summed E-state index contributed by atoms with van der Waals surface area (Å²) in [4.78, 5) is 21.7. The van der Waals surface area contributed by atoms with Crippen LogP contribution in [0.5, 0.6) is 0 Å². The van der Waals surface area contributed by atoms with E-state index < -0.39 is 32.0 Å². The summed E-state index contributed by atoms with van der Waals surface area (Å²) in [5.41, 5.74) is 6.40. The van der Waals surface area contributed by atoms with E-state index in [0.717, 1.165) is 58.9 Å². The Bertz CT molecular complexity index is 2590. The minimum atomic E-state index is -3.86. The Balaban J connectivity index is 0.000000221. The number of hydrogen-bond acceptors (Lipinski definition) is 6. The third-order valence-corrected chi connectivity index (χ3v) is 11.8. The zero-order valence-corrected chi connectivity index (χ0v) is 33.9. The minimum Gasteiger partial charge on any atom is -0.478 e. The van der Waals surface area contributed by atoms with Crippen molar-refractivity contribution in [3.8, 4) is 0 Å². The normalized spacial score (nSPS) is 11.3. The maximum absolute atomic E-state index is 12.5. The van der Waals surface area contributed by atoms with Crippen molar-refractivity contribution in [1.29, 1.82) is 0 Å². The topological polar surface area (TPSA) is 167 Å². The predicted octanol–water partition coefficient (Wildman–Crippen LogP) is 9.86. The van der Waals surface area contributed by atoms with E-state index in [1.54, 1.807) is 66.7 Å². The molecule has 0 bridgehead atoms. The first kappa shape index (κ1) is 43.2. The first-order valence-electron chi connectivity index (χ1n) is 17.7. The monoisotopic (exact) mass is 856 g/mol. The summed E-state index contributed by atoms with van der Waals surface area (Å²) in [6, 6.07) is 41.3. The summed E-state index contributed by atoms with van der Waals surface area (Å²) < 4.78 is 54.5. The summed E-state index contributed by atoms with van der Waals surface area (Å²) in [5, 5.41) is 19.4. The second-order valence-electron chi connectivity index (χ2n) is 12.9. The van der Waals surface area contributed by atoms with Gasteiger partial charge in [0.15, 0.2) is 0 Å². The molecular weight excluding hydrogens is 820 g/mol. The molecule has 58 heavy (non-hydrogen) atoms. The summed E-state index contributed by atoms with van der Waals surface area (Å²) in [5.74, 6) is -1.89. The van der Waals surface area contributed by atoms with Crippen LogP contribution in [0.2, 0.25) is 10.0 Å². The Morgan fingerprint density at radius 1 is 0.534 bits per heavy atom. The molecule has 4 N–H and O–H groups in total. The molecule has 0 aliphatic carbocycles. The highest BCUT2D eigenvalue weighted by atomic mass is 35.5. The van der Waals surface area contributed by atoms with Gasteiger partial charge in [0.25, 0.3) is 20.0 Å². The molecule has 6 aromatic carbocycles. The van der Waals surface area contributed by atoms with Crippen molar-refractivity contribution < 1.29 is 36.6 Å². The van der Waals surface area contributed by atoms with Crippen molar-refractivity contribution >= 4 is 72.6 Å². The van der Waals surface area contributed by atoms with E-state index in [9.17, 15) is 26.4 Å². The maximum Gasteiger partial charge on any atom is 0.335 e. The molecule has 0 unspecified atom stereocenters. The van der Waals surface area contributed by atoms with Crippen LogP contribution in [-0.4, -0.2) is 39.0 Å². The number of nitrogens with one attached hydrogen (secondary N) is 2. The van der Waals surface area contributed by atoms with Gasteiger partial charge >= 0.3 is 11.9 Å². The fraction of sp³-hybridized carbons (Fsp3) is 0.0909. The highest BCUT2D eigenvalue weighted by Gasteiger charge is 2.18. The highest BCUT2D eigenvalue weighted by Crippen LogP contribution is 2.27. The second kappa shape index (κ2) is 20.0. The maximum atomic E-state index is 12.5. The van der Waals surface area contributed by atoms with Crippen LogP contribution in [0.4, 0.5) is 11.4 Å². The summed E-state index contributed by atoms with van der Waals surface area (Å²) >= 11 is 11.9. The number of benzene rings is 6. The molecule has 10 nitrogen and oxygen atoms in total. The third-order valence-electron chi connectivity index (χ3n) is 8.65. The van der Waals surface area contributed by atoms with E-state index in [2.05, 4.69) is 9.44 Å². The molecule has 0 saturated heterocycles. The Kier molecular flexibility index (Phi) is 14.9. The van der Waals surface area contributed by atoms with E-state index >= 15 is 0 Å². The fourth-order valence-corrected chi connectivity index (χ4v) is 8.20. The number of anilines is 2. The van der Waals surface area contributed by atoms with Crippen LogP contribution in [-0.2, 0) is 45.7 Å². The van der Waals surface area contributed by atoms with Gasteiger partial charge in [-0.05, 0) is 126 Å². The van der Waals surface area contributed by atoms with Gasteiger partial charge in [-0.1, -0.05) is 102 Å². The second-order valence-corrected chi connectivity index (χ2v) is 17.0. The van der Waals surface area contributed by atoms with Crippen LogP contribution in [0.15, 0.2) is 156 Å². The molecule has 14 heteroatoms. The number of sulfonamides is 2. The van der Waals surface area contributed by atoms with Crippen molar-refractivity contribution in [2.24, 2.45) is 0 Å². The summed E-state index contributed by atoms with van der Waals surface area (Å²) in [7, 11) is -7.45. The number of hydrogen-bond donors (Lipinski definition) is 4. The van der Waals surface area contributed by atoms with Gasteiger partial charge in [0, 0.05) is 16.4 Å². The van der Waals surface area contributed by atoms with Crippen molar-refractivity contribution in [1.82, 2.24) is 0 Å². The molecule has 6 aromatic rings. The SMILES string of the molecule is O=C(O)c1ccc(CCc2ccc(NS(=O)(=O)C=Cc3ccccc3)cc2)cc1.O=C(O)c1ccc(CCc2ccc(NS(=O)(=O)c3cc(Cl)ccc3Cl)cc2)cc1. The fourth-order valence-electron chi connectivity index (χ4n) is 5.51. The van der Waals surface area contributed by atoms with E-state index in [-0.39, 0.29) is 26.1 Å². The molecule has 0 fully saturated rings. The van der Waals surface area contributed by atoms with Crippen LogP contribution >= 0.6 is 23.2 Å². The number of aryl methyl sites for hydroxylation is 4. The van der Waals surface area contributed by atoms with Crippen LogP contribution < -0.4 is 9.44 Å². The van der Waals surface area contributed by atoms with Crippen molar-refractivity contribution in [3.63, 3.8) is 0 Å². The minimum absolute atomic E-state index is 0.0828. The van der Waals surface area contributed by atoms with Gasteiger partial charge in [0.2, 0.25) is 0 Å². The van der Waals surface area contributed by atoms with Crippen LogP contribution in [0.3, 0.4) is 0 Å². The highest BCUT2D eigenvalue weighted by molar-refractivity contribution is 7.95. The number of carboxylic acids is 2. The van der Waals surface area contributed by atoms with Crippen molar-refractivity contribution in [2.75, 3.05) is 9.44 Å². The van der Waals surface area contributed by atoms with Crippen molar-refractivity contribution in [2.45, 2.75) is 30.6 Å². The Morgan fingerprint density at radius 2 is 0.948 bits per heavy atom. The van der Waals surface area contributed by atoms with E-state index in [1.165, 1.54) is 18.2 Å². The molecule has 298 valence electrons. The number of carbonyl (C=O) groups is 2. The average molecular weight is 858 g/mol. The zero-order valence-electron chi connectivity index (χ0n) is 30.8. The van der Waals surface area contributed by atoms with Gasteiger partial charge in [-0.3, -0.25) is 9.44 Å². The predicted molar refractivity (Wildman–Crippen MR) is 230 cm³/mol. The average Bonchev–Trinajstić information content (AvgIpc) is 3.21. The summed E-state index contributed by atoms with van der Waals surface area (Å²) in [6.45, 7) is 0. The molecule has 0 heterocycles. The molecule has 6 rings (SSSR count). The molecule has 0 aromatic heterocycles. The van der Waals surface area contributed by atoms with Crippen LogP contribution in [0, 0.1) is 0 Å². The molecular formula is C44H38Cl2N2O8S2. The molecule has 0 saturated carbocycles. The van der Waals surface area contributed by atoms with Gasteiger partial charge in [-0.15, -0.1) is 0 Å². The smallest absolute Gasteiger partial charge is 0.335 e.